The van der Waals surface area contributed by atoms with E-state index in [1.54, 1.807) is 18.2 Å². The molecule has 2 aliphatic carbocycles. The third-order valence-electron chi connectivity index (χ3n) is 6.74. The van der Waals surface area contributed by atoms with Crippen LogP contribution >= 0.6 is 0 Å². The van der Waals surface area contributed by atoms with Crippen LogP contribution in [0.2, 0.25) is 0 Å². The van der Waals surface area contributed by atoms with E-state index < -0.39 is 0 Å². The molecule has 160 valence electrons. The summed E-state index contributed by atoms with van der Waals surface area (Å²) in [4.78, 5) is 44.4. The molecule has 4 aliphatic rings. The lowest BCUT2D eigenvalue weighted by Gasteiger charge is -2.26. The van der Waals surface area contributed by atoms with Gasteiger partial charge in [0.1, 0.15) is 0 Å². The summed E-state index contributed by atoms with van der Waals surface area (Å²) in [5, 5.41) is 0. The molecule has 0 spiro atoms. The molecule has 0 N–H and O–H groups in total. The second-order valence-corrected chi connectivity index (χ2v) is 9.06. The van der Waals surface area contributed by atoms with Crippen LogP contribution in [0.3, 0.4) is 0 Å². The van der Waals surface area contributed by atoms with E-state index in [0.29, 0.717) is 41.9 Å². The first kappa shape index (κ1) is 19.7. The molecular formula is C23H29N3O4. The smallest absolute Gasteiger partial charge is 0.261 e. The minimum absolute atomic E-state index is 0.0395. The van der Waals surface area contributed by atoms with Crippen LogP contribution in [-0.4, -0.2) is 83.9 Å². The second-order valence-electron chi connectivity index (χ2n) is 9.06. The van der Waals surface area contributed by atoms with Crippen molar-refractivity contribution in [2.45, 2.75) is 56.7 Å². The summed E-state index contributed by atoms with van der Waals surface area (Å²) in [7, 11) is 2.12. The first-order chi connectivity index (χ1) is 14.5. The summed E-state index contributed by atoms with van der Waals surface area (Å²) in [6, 6.07) is 5.92. The van der Waals surface area contributed by atoms with Crippen molar-refractivity contribution in [2.75, 3.05) is 33.3 Å². The Morgan fingerprint density at radius 2 is 1.77 bits per heavy atom. The van der Waals surface area contributed by atoms with Gasteiger partial charge in [0.15, 0.2) is 0 Å². The summed E-state index contributed by atoms with van der Waals surface area (Å²) in [5.74, 6) is -0.636. The van der Waals surface area contributed by atoms with E-state index in [9.17, 15) is 14.4 Å². The Bertz CT molecular complexity index is 871. The maximum atomic E-state index is 13.3. The van der Waals surface area contributed by atoms with Gasteiger partial charge in [0.05, 0.1) is 23.8 Å². The van der Waals surface area contributed by atoms with Crippen molar-refractivity contribution >= 4 is 17.7 Å². The fourth-order valence-corrected chi connectivity index (χ4v) is 4.55. The molecule has 2 heterocycles. The first-order valence-corrected chi connectivity index (χ1v) is 11.2. The summed E-state index contributed by atoms with van der Waals surface area (Å²) < 4.78 is 5.59. The number of carbonyl (C=O) groups is 3. The van der Waals surface area contributed by atoms with Gasteiger partial charge in [-0.1, -0.05) is 0 Å². The summed E-state index contributed by atoms with van der Waals surface area (Å²) >= 11 is 0. The molecule has 3 amide bonds. The number of amides is 3. The maximum Gasteiger partial charge on any atom is 0.261 e. The van der Waals surface area contributed by atoms with Gasteiger partial charge >= 0.3 is 0 Å². The fourth-order valence-electron chi connectivity index (χ4n) is 4.55. The standard InChI is InChI=1S/C23H29N3O4/c1-24(16-5-6-16)10-11-25(17-7-8-17)21(27)15-4-9-19-20(13-15)23(29)26(22(19)28)14-18-3-2-12-30-18/h4,9,13,16-18H,2-3,5-8,10-12,14H2,1H3/t18-/m1/s1. The van der Waals surface area contributed by atoms with Crippen LogP contribution in [0.4, 0.5) is 0 Å². The molecule has 7 heteroatoms. The molecule has 0 unspecified atom stereocenters. The molecule has 1 aromatic rings. The number of nitrogens with zero attached hydrogens (tertiary/aromatic N) is 3. The van der Waals surface area contributed by atoms with Crippen molar-refractivity contribution in [2.24, 2.45) is 0 Å². The summed E-state index contributed by atoms with van der Waals surface area (Å²) in [6.45, 7) is 2.53. The zero-order chi connectivity index (χ0) is 20.8. The summed E-state index contributed by atoms with van der Waals surface area (Å²) in [6.07, 6.45) is 6.31. The molecule has 0 aromatic heterocycles. The van der Waals surface area contributed by atoms with Gasteiger partial charge in [-0.25, -0.2) is 0 Å². The SMILES string of the molecule is CN(CCN(C(=O)c1ccc2c(c1)C(=O)N(C[C@H]1CCCO1)C2=O)C1CC1)C1CC1. The molecule has 3 fully saturated rings. The molecule has 1 saturated heterocycles. The quantitative estimate of drug-likeness (QED) is 0.613. The molecule has 0 bridgehead atoms. The fraction of sp³-hybridized carbons (Fsp3) is 0.609. The van der Waals surface area contributed by atoms with Crippen LogP contribution < -0.4 is 0 Å². The van der Waals surface area contributed by atoms with Gasteiger partial charge in [-0.2, -0.15) is 0 Å². The van der Waals surface area contributed by atoms with Crippen molar-refractivity contribution < 1.29 is 19.1 Å². The Hall–Kier alpha value is -2.25. The highest BCUT2D eigenvalue weighted by Crippen LogP contribution is 2.31. The number of ether oxygens (including phenoxy) is 1. The first-order valence-electron chi connectivity index (χ1n) is 11.2. The van der Waals surface area contributed by atoms with Crippen molar-refractivity contribution in [1.29, 1.82) is 0 Å². The van der Waals surface area contributed by atoms with Gasteiger partial charge in [-0.05, 0) is 63.8 Å². The van der Waals surface area contributed by atoms with Crippen LogP contribution in [0.15, 0.2) is 18.2 Å². The van der Waals surface area contributed by atoms with Gasteiger partial charge in [0, 0.05) is 37.3 Å². The molecule has 2 saturated carbocycles. The monoisotopic (exact) mass is 411 g/mol. The Morgan fingerprint density at radius 1 is 1.03 bits per heavy atom. The third kappa shape index (κ3) is 3.76. The van der Waals surface area contributed by atoms with E-state index in [0.717, 1.165) is 32.2 Å². The Balaban J connectivity index is 1.31. The van der Waals surface area contributed by atoms with E-state index in [-0.39, 0.29) is 30.4 Å². The van der Waals surface area contributed by atoms with Crippen molar-refractivity contribution in [3.63, 3.8) is 0 Å². The van der Waals surface area contributed by atoms with Gasteiger partial charge in [-0.15, -0.1) is 0 Å². The van der Waals surface area contributed by atoms with Crippen molar-refractivity contribution in [1.82, 2.24) is 14.7 Å². The number of hydrogen-bond acceptors (Lipinski definition) is 5. The molecule has 30 heavy (non-hydrogen) atoms. The van der Waals surface area contributed by atoms with E-state index in [4.69, 9.17) is 4.74 Å². The van der Waals surface area contributed by atoms with Crippen LogP contribution in [0, 0.1) is 0 Å². The number of hydrogen-bond donors (Lipinski definition) is 0. The molecule has 5 rings (SSSR count). The van der Waals surface area contributed by atoms with Gasteiger partial charge in [-0.3, -0.25) is 19.3 Å². The van der Waals surface area contributed by atoms with Crippen molar-refractivity contribution in [3.05, 3.63) is 34.9 Å². The minimum atomic E-state index is -0.313. The van der Waals surface area contributed by atoms with Gasteiger partial charge in [0.25, 0.3) is 17.7 Å². The zero-order valence-corrected chi connectivity index (χ0v) is 17.5. The number of carbonyl (C=O) groups excluding carboxylic acids is 3. The number of likely N-dealkylation sites (N-methyl/N-ethyl adjacent to an activating group) is 1. The predicted molar refractivity (Wildman–Crippen MR) is 110 cm³/mol. The summed E-state index contributed by atoms with van der Waals surface area (Å²) in [5.41, 5.74) is 1.23. The van der Waals surface area contributed by atoms with Crippen LogP contribution in [0.5, 0.6) is 0 Å². The minimum Gasteiger partial charge on any atom is -0.376 e. The second kappa shape index (κ2) is 7.78. The van der Waals surface area contributed by atoms with E-state index in [1.807, 2.05) is 4.90 Å². The molecular weight excluding hydrogens is 382 g/mol. The third-order valence-corrected chi connectivity index (χ3v) is 6.74. The topological polar surface area (TPSA) is 70.2 Å². The van der Waals surface area contributed by atoms with E-state index in [1.165, 1.54) is 17.7 Å². The highest BCUT2D eigenvalue weighted by Gasteiger charge is 2.39. The lowest BCUT2D eigenvalue weighted by Crippen LogP contribution is -2.39. The number of benzene rings is 1. The van der Waals surface area contributed by atoms with Crippen LogP contribution in [0.25, 0.3) is 0 Å². The highest BCUT2D eigenvalue weighted by atomic mass is 16.5. The normalized spacial score (nSPS) is 23.4. The molecule has 1 aromatic carbocycles. The lowest BCUT2D eigenvalue weighted by atomic mass is 10.0. The van der Waals surface area contributed by atoms with Crippen LogP contribution in [0.1, 0.15) is 69.6 Å². The average Bonchev–Trinajstić information content (AvgIpc) is 3.68. The maximum absolute atomic E-state index is 13.3. The van der Waals surface area contributed by atoms with E-state index >= 15 is 0 Å². The highest BCUT2D eigenvalue weighted by molar-refractivity contribution is 6.22. The Kier molecular flexibility index (Phi) is 5.11. The molecule has 1 atom stereocenters. The predicted octanol–water partition coefficient (Wildman–Crippen LogP) is 2.16. The van der Waals surface area contributed by atoms with Crippen molar-refractivity contribution in [3.8, 4) is 0 Å². The molecule has 2 aliphatic heterocycles. The molecule has 0 radical (unpaired) electrons. The Morgan fingerprint density at radius 3 is 2.43 bits per heavy atom. The van der Waals surface area contributed by atoms with Gasteiger partial charge in [0.2, 0.25) is 0 Å². The Labute approximate surface area is 176 Å². The average molecular weight is 412 g/mol. The van der Waals surface area contributed by atoms with Gasteiger partial charge < -0.3 is 14.5 Å². The molecule has 7 nitrogen and oxygen atoms in total. The number of imide groups is 1. The number of rotatable bonds is 8. The number of fused-ring (bicyclic) bond motifs is 1. The zero-order valence-electron chi connectivity index (χ0n) is 17.5. The lowest BCUT2D eigenvalue weighted by molar-refractivity contribution is 0.0475. The van der Waals surface area contributed by atoms with E-state index in [2.05, 4.69) is 11.9 Å². The largest absolute Gasteiger partial charge is 0.376 e. The van der Waals surface area contributed by atoms with Crippen LogP contribution in [-0.2, 0) is 4.74 Å².